The summed E-state index contributed by atoms with van der Waals surface area (Å²) in [5.74, 6) is -0.959. The number of hydrogen-bond acceptors (Lipinski definition) is 3. The Balaban J connectivity index is 2.11. The van der Waals surface area contributed by atoms with Crippen molar-refractivity contribution in [2.75, 3.05) is 6.54 Å². The summed E-state index contributed by atoms with van der Waals surface area (Å²) in [5, 5.41) is 11.1. The predicted molar refractivity (Wildman–Crippen MR) is 53.4 cm³/mol. The van der Waals surface area contributed by atoms with Crippen molar-refractivity contribution in [3.05, 3.63) is 0 Å². The van der Waals surface area contributed by atoms with Crippen LogP contribution >= 0.6 is 0 Å². The largest absolute Gasteiger partial charge is 0.481 e. The summed E-state index contributed by atoms with van der Waals surface area (Å²) >= 11 is 0. The van der Waals surface area contributed by atoms with Crippen LogP contribution in [0, 0.1) is 0 Å². The van der Waals surface area contributed by atoms with Crippen LogP contribution in [0.1, 0.15) is 32.6 Å². The van der Waals surface area contributed by atoms with Crippen molar-refractivity contribution in [3.8, 4) is 0 Å². The normalized spacial score (nSPS) is 25.1. The highest BCUT2D eigenvalue weighted by Gasteiger charge is 2.27. The van der Waals surface area contributed by atoms with E-state index in [1.807, 2.05) is 6.92 Å². The molecule has 0 aromatic carbocycles. The Kier molecular flexibility index (Phi) is 4.55. The van der Waals surface area contributed by atoms with E-state index in [1.54, 1.807) is 0 Å². The molecule has 1 fully saturated rings. The lowest BCUT2D eigenvalue weighted by Crippen LogP contribution is -2.35. The van der Waals surface area contributed by atoms with Crippen LogP contribution in [0.2, 0.25) is 0 Å². The smallest absolute Gasteiger partial charge is 0.303 e. The average Bonchev–Trinajstić information content (AvgIpc) is 2.59. The fraction of sp³-hybridized carbons (Fsp3) is 0.800. The highest BCUT2D eigenvalue weighted by Crippen LogP contribution is 2.18. The molecule has 0 bridgehead atoms. The molecule has 0 aromatic rings. The molecule has 1 amide bonds. The second kappa shape index (κ2) is 5.70. The summed E-state index contributed by atoms with van der Waals surface area (Å²) in [5.41, 5.74) is 0. The van der Waals surface area contributed by atoms with Crippen molar-refractivity contribution >= 4 is 11.9 Å². The van der Waals surface area contributed by atoms with Gasteiger partial charge < -0.3 is 15.2 Å². The first-order valence-corrected chi connectivity index (χ1v) is 5.24. The second-order valence-corrected chi connectivity index (χ2v) is 3.80. The van der Waals surface area contributed by atoms with Crippen molar-refractivity contribution < 1.29 is 19.4 Å². The molecule has 2 unspecified atom stereocenters. The summed E-state index contributed by atoms with van der Waals surface area (Å²) in [6.07, 6.45) is 2.02. The number of ether oxygens (including phenoxy) is 1. The molecule has 1 aliphatic heterocycles. The number of carbonyl (C=O) groups is 2. The SMILES string of the molecule is CC1CCC(C(=O)NCCCC(=O)O)O1. The van der Waals surface area contributed by atoms with Crippen molar-refractivity contribution in [3.63, 3.8) is 0 Å². The van der Waals surface area contributed by atoms with Gasteiger partial charge >= 0.3 is 5.97 Å². The molecule has 0 aliphatic carbocycles. The van der Waals surface area contributed by atoms with Crippen LogP contribution in [-0.2, 0) is 14.3 Å². The Morgan fingerprint density at radius 1 is 1.47 bits per heavy atom. The van der Waals surface area contributed by atoms with Crippen LogP contribution < -0.4 is 5.32 Å². The van der Waals surface area contributed by atoms with Crippen LogP contribution in [0.15, 0.2) is 0 Å². The zero-order valence-electron chi connectivity index (χ0n) is 8.86. The molecule has 2 atom stereocenters. The molecule has 0 radical (unpaired) electrons. The van der Waals surface area contributed by atoms with Crippen LogP contribution in [0.5, 0.6) is 0 Å². The minimum absolute atomic E-state index is 0.0855. The minimum atomic E-state index is -0.838. The van der Waals surface area contributed by atoms with E-state index in [9.17, 15) is 9.59 Å². The molecule has 15 heavy (non-hydrogen) atoms. The molecule has 5 heteroatoms. The summed E-state index contributed by atoms with van der Waals surface area (Å²) in [6, 6.07) is 0. The summed E-state index contributed by atoms with van der Waals surface area (Å²) in [7, 11) is 0. The van der Waals surface area contributed by atoms with Crippen LogP contribution in [-0.4, -0.2) is 35.7 Å². The number of carbonyl (C=O) groups excluding carboxylic acids is 1. The molecule has 1 heterocycles. The number of nitrogens with one attached hydrogen (secondary N) is 1. The topological polar surface area (TPSA) is 75.6 Å². The molecule has 0 saturated carbocycles. The second-order valence-electron chi connectivity index (χ2n) is 3.80. The third-order valence-corrected chi connectivity index (χ3v) is 2.39. The van der Waals surface area contributed by atoms with E-state index in [2.05, 4.69) is 5.32 Å². The zero-order valence-corrected chi connectivity index (χ0v) is 8.86. The molecular weight excluding hydrogens is 198 g/mol. The van der Waals surface area contributed by atoms with Gasteiger partial charge in [-0.15, -0.1) is 0 Å². The van der Waals surface area contributed by atoms with E-state index < -0.39 is 5.97 Å². The van der Waals surface area contributed by atoms with Crippen molar-refractivity contribution in [2.45, 2.75) is 44.8 Å². The first-order valence-electron chi connectivity index (χ1n) is 5.24. The summed E-state index contributed by atoms with van der Waals surface area (Å²) in [6.45, 7) is 2.34. The van der Waals surface area contributed by atoms with Crippen molar-refractivity contribution in [1.29, 1.82) is 0 Å². The number of carboxylic acids is 1. The highest BCUT2D eigenvalue weighted by molar-refractivity contribution is 5.81. The Bertz CT molecular complexity index is 242. The Morgan fingerprint density at radius 2 is 2.20 bits per heavy atom. The summed E-state index contributed by atoms with van der Waals surface area (Å²) < 4.78 is 5.37. The predicted octanol–water partition coefficient (Wildman–Crippen LogP) is 0.535. The third-order valence-electron chi connectivity index (χ3n) is 2.39. The lowest BCUT2D eigenvalue weighted by molar-refractivity contribution is -0.137. The fourth-order valence-electron chi connectivity index (χ4n) is 1.56. The van der Waals surface area contributed by atoms with E-state index in [0.29, 0.717) is 13.0 Å². The molecule has 1 rings (SSSR count). The van der Waals surface area contributed by atoms with Gasteiger partial charge in [-0.1, -0.05) is 0 Å². The van der Waals surface area contributed by atoms with Crippen LogP contribution in [0.4, 0.5) is 0 Å². The molecular formula is C10H17NO4. The zero-order chi connectivity index (χ0) is 11.3. The van der Waals surface area contributed by atoms with Gasteiger partial charge in [0.2, 0.25) is 5.91 Å². The van der Waals surface area contributed by atoms with Crippen molar-refractivity contribution in [1.82, 2.24) is 5.32 Å². The fourth-order valence-corrected chi connectivity index (χ4v) is 1.56. The molecule has 5 nitrogen and oxygen atoms in total. The Morgan fingerprint density at radius 3 is 2.73 bits per heavy atom. The van der Waals surface area contributed by atoms with Gasteiger partial charge in [0.1, 0.15) is 6.10 Å². The minimum Gasteiger partial charge on any atom is -0.481 e. The van der Waals surface area contributed by atoms with E-state index in [1.165, 1.54) is 0 Å². The van der Waals surface area contributed by atoms with Gasteiger partial charge in [-0.3, -0.25) is 9.59 Å². The Labute approximate surface area is 88.8 Å². The molecule has 0 spiro atoms. The molecule has 1 saturated heterocycles. The van der Waals surface area contributed by atoms with Gasteiger partial charge in [0.05, 0.1) is 6.10 Å². The van der Waals surface area contributed by atoms with Gasteiger partial charge in [-0.25, -0.2) is 0 Å². The number of hydrogen-bond donors (Lipinski definition) is 2. The van der Waals surface area contributed by atoms with E-state index in [0.717, 1.165) is 12.8 Å². The number of carboxylic acid groups (broad SMARTS) is 1. The highest BCUT2D eigenvalue weighted by atomic mass is 16.5. The van der Waals surface area contributed by atoms with Crippen LogP contribution in [0.25, 0.3) is 0 Å². The molecule has 0 aromatic heterocycles. The van der Waals surface area contributed by atoms with Crippen molar-refractivity contribution in [2.24, 2.45) is 0 Å². The number of aliphatic carboxylic acids is 1. The number of rotatable bonds is 5. The third kappa shape index (κ3) is 4.29. The van der Waals surface area contributed by atoms with Gasteiger partial charge in [0, 0.05) is 13.0 Å². The van der Waals surface area contributed by atoms with Gasteiger partial charge in [-0.2, -0.15) is 0 Å². The van der Waals surface area contributed by atoms with E-state index >= 15 is 0 Å². The first-order chi connectivity index (χ1) is 7.09. The van der Waals surface area contributed by atoms with Gasteiger partial charge in [0.15, 0.2) is 0 Å². The van der Waals surface area contributed by atoms with E-state index in [4.69, 9.17) is 9.84 Å². The lowest BCUT2D eigenvalue weighted by Gasteiger charge is -2.10. The van der Waals surface area contributed by atoms with Gasteiger partial charge in [-0.05, 0) is 26.2 Å². The molecule has 2 N–H and O–H groups in total. The maximum atomic E-state index is 11.5. The van der Waals surface area contributed by atoms with E-state index in [-0.39, 0.29) is 24.5 Å². The standard InChI is InChI=1S/C10H17NO4/c1-7-4-5-8(15-7)10(14)11-6-2-3-9(12)13/h7-8H,2-6H2,1H3,(H,11,14)(H,12,13). The number of amides is 1. The molecule has 86 valence electrons. The monoisotopic (exact) mass is 215 g/mol. The van der Waals surface area contributed by atoms with Gasteiger partial charge in [0.25, 0.3) is 0 Å². The maximum Gasteiger partial charge on any atom is 0.303 e. The average molecular weight is 215 g/mol. The maximum absolute atomic E-state index is 11.5. The quantitative estimate of drug-likeness (QED) is 0.656. The first kappa shape index (κ1) is 12.0. The Hall–Kier alpha value is -1.10. The lowest BCUT2D eigenvalue weighted by atomic mass is 10.2. The van der Waals surface area contributed by atoms with Crippen LogP contribution in [0.3, 0.4) is 0 Å². The molecule has 1 aliphatic rings. The summed E-state index contributed by atoms with van der Waals surface area (Å²) in [4.78, 5) is 21.7.